The molecule has 6 heteroatoms. The van der Waals surface area contributed by atoms with Gasteiger partial charge in [0.15, 0.2) is 0 Å². The Morgan fingerprint density at radius 3 is 2.48 bits per heavy atom. The van der Waals surface area contributed by atoms with Gasteiger partial charge in [0.1, 0.15) is 0 Å². The van der Waals surface area contributed by atoms with E-state index >= 15 is 0 Å². The number of rotatable bonds is 6. The number of amides is 3. The lowest BCUT2D eigenvalue weighted by Crippen LogP contribution is -2.49. The minimum atomic E-state index is -0.307. The third kappa shape index (κ3) is 6.05. The van der Waals surface area contributed by atoms with Gasteiger partial charge < -0.3 is 20.3 Å². The zero-order valence-electron chi connectivity index (χ0n) is 15.4. The van der Waals surface area contributed by atoms with E-state index in [1.54, 1.807) is 4.90 Å². The molecular formula is C19H29N3O3. The fraction of sp³-hybridized carbons (Fsp3) is 0.579. The Labute approximate surface area is 149 Å². The quantitative estimate of drug-likeness (QED) is 0.826. The van der Waals surface area contributed by atoms with E-state index in [1.807, 2.05) is 25.1 Å². The van der Waals surface area contributed by atoms with E-state index in [4.69, 9.17) is 4.74 Å². The SMILES string of the molecule is CC(CC(C)(C)c1ccccc1)NC(=O)NCC(=O)N1CCOCC1. The van der Waals surface area contributed by atoms with Crippen molar-refractivity contribution in [2.24, 2.45) is 0 Å². The van der Waals surface area contributed by atoms with Gasteiger partial charge in [0.05, 0.1) is 19.8 Å². The first kappa shape index (κ1) is 19.2. The number of morpholine rings is 1. The predicted octanol–water partition coefficient (Wildman–Crippen LogP) is 1.90. The summed E-state index contributed by atoms with van der Waals surface area (Å²) in [4.78, 5) is 25.8. The Morgan fingerprint density at radius 1 is 1.20 bits per heavy atom. The lowest BCUT2D eigenvalue weighted by atomic mass is 9.79. The van der Waals surface area contributed by atoms with E-state index in [0.717, 1.165) is 6.42 Å². The minimum Gasteiger partial charge on any atom is -0.378 e. The molecule has 2 N–H and O–H groups in total. The Hall–Kier alpha value is -2.08. The van der Waals surface area contributed by atoms with Gasteiger partial charge in [0, 0.05) is 19.1 Å². The number of hydrogen-bond donors (Lipinski definition) is 2. The smallest absolute Gasteiger partial charge is 0.315 e. The average Bonchev–Trinajstić information content (AvgIpc) is 2.60. The fourth-order valence-corrected chi connectivity index (χ4v) is 3.18. The van der Waals surface area contributed by atoms with E-state index in [9.17, 15) is 9.59 Å². The van der Waals surface area contributed by atoms with Crippen molar-refractivity contribution in [2.75, 3.05) is 32.8 Å². The van der Waals surface area contributed by atoms with Crippen LogP contribution in [0.3, 0.4) is 0 Å². The number of carbonyl (C=O) groups excluding carboxylic acids is 2. The molecular weight excluding hydrogens is 318 g/mol. The lowest BCUT2D eigenvalue weighted by molar-refractivity contribution is -0.134. The van der Waals surface area contributed by atoms with Crippen LogP contribution in [0.2, 0.25) is 0 Å². The molecule has 1 aromatic carbocycles. The van der Waals surface area contributed by atoms with Crippen molar-refractivity contribution in [2.45, 2.75) is 38.6 Å². The van der Waals surface area contributed by atoms with Crippen LogP contribution in [-0.2, 0) is 14.9 Å². The van der Waals surface area contributed by atoms with Crippen LogP contribution in [0.4, 0.5) is 4.79 Å². The number of ether oxygens (including phenoxy) is 1. The van der Waals surface area contributed by atoms with Crippen LogP contribution in [0.25, 0.3) is 0 Å². The Balaban J connectivity index is 1.75. The molecule has 1 heterocycles. The second-order valence-corrected chi connectivity index (χ2v) is 7.18. The van der Waals surface area contributed by atoms with Crippen LogP contribution in [0.1, 0.15) is 32.8 Å². The number of benzene rings is 1. The number of nitrogens with one attached hydrogen (secondary N) is 2. The van der Waals surface area contributed by atoms with Crippen molar-refractivity contribution in [1.82, 2.24) is 15.5 Å². The zero-order chi connectivity index (χ0) is 18.3. The fourth-order valence-electron chi connectivity index (χ4n) is 3.18. The van der Waals surface area contributed by atoms with Crippen LogP contribution >= 0.6 is 0 Å². The Kier molecular flexibility index (Phi) is 6.82. The van der Waals surface area contributed by atoms with Crippen molar-refractivity contribution in [1.29, 1.82) is 0 Å². The molecule has 1 fully saturated rings. The molecule has 1 aromatic rings. The molecule has 0 radical (unpaired) electrons. The summed E-state index contributed by atoms with van der Waals surface area (Å²) < 4.78 is 5.22. The summed E-state index contributed by atoms with van der Waals surface area (Å²) in [5.74, 6) is -0.0734. The molecule has 0 bridgehead atoms. The van der Waals surface area contributed by atoms with Crippen molar-refractivity contribution >= 4 is 11.9 Å². The first-order valence-corrected chi connectivity index (χ1v) is 8.84. The molecule has 0 aliphatic carbocycles. The highest BCUT2D eigenvalue weighted by Crippen LogP contribution is 2.27. The highest BCUT2D eigenvalue weighted by molar-refractivity contribution is 5.84. The largest absolute Gasteiger partial charge is 0.378 e. The second-order valence-electron chi connectivity index (χ2n) is 7.18. The molecule has 0 spiro atoms. The van der Waals surface area contributed by atoms with Crippen LogP contribution in [0.15, 0.2) is 30.3 Å². The number of nitrogens with zero attached hydrogens (tertiary/aromatic N) is 1. The summed E-state index contributed by atoms with van der Waals surface area (Å²) in [5.41, 5.74) is 1.20. The van der Waals surface area contributed by atoms with E-state index in [-0.39, 0.29) is 29.9 Å². The van der Waals surface area contributed by atoms with Gasteiger partial charge in [-0.05, 0) is 24.3 Å². The third-order valence-electron chi connectivity index (χ3n) is 4.51. The van der Waals surface area contributed by atoms with Gasteiger partial charge in [0.2, 0.25) is 5.91 Å². The maximum absolute atomic E-state index is 12.0. The van der Waals surface area contributed by atoms with Crippen molar-refractivity contribution in [3.63, 3.8) is 0 Å². The number of hydrogen-bond acceptors (Lipinski definition) is 3. The van der Waals surface area contributed by atoms with Crippen LogP contribution in [-0.4, -0.2) is 55.7 Å². The van der Waals surface area contributed by atoms with Crippen LogP contribution in [0.5, 0.6) is 0 Å². The van der Waals surface area contributed by atoms with Crippen LogP contribution < -0.4 is 10.6 Å². The second kappa shape index (κ2) is 8.85. The third-order valence-corrected chi connectivity index (χ3v) is 4.51. The number of urea groups is 1. The molecule has 0 saturated carbocycles. The summed E-state index contributed by atoms with van der Waals surface area (Å²) in [7, 11) is 0. The molecule has 1 atom stereocenters. The first-order chi connectivity index (χ1) is 11.9. The van der Waals surface area contributed by atoms with Gasteiger partial charge in [-0.3, -0.25) is 4.79 Å². The van der Waals surface area contributed by atoms with Crippen molar-refractivity contribution in [3.8, 4) is 0 Å². The lowest BCUT2D eigenvalue weighted by Gasteiger charge is -2.29. The standard InChI is InChI=1S/C19H29N3O3/c1-15(13-19(2,3)16-7-5-4-6-8-16)21-18(24)20-14-17(23)22-9-11-25-12-10-22/h4-8,15H,9-14H2,1-3H3,(H2,20,21,24). The maximum Gasteiger partial charge on any atom is 0.315 e. The average molecular weight is 347 g/mol. The molecule has 6 nitrogen and oxygen atoms in total. The first-order valence-electron chi connectivity index (χ1n) is 8.84. The summed E-state index contributed by atoms with van der Waals surface area (Å²) in [6.45, 7) is 8.62. The van der Waals surface area contributed by atoms with Gasteiger partial charge in [-0.25, -0.2) is 4.79 Å². The predicted molar refractivity (Wildman–Crippen MR) is 97.5 cm³/mol. The Bertz CT molecular complexity index is 569. The molecule has 138 valence electrons. The monoisotopic (exact) mass is 347 g/mol. The zero-order valence-corrected chi connectivity index (χ0v) is 15.4. The summed E-state index contributed by atoms with van der Waals surface area (Å²) in [5, 5.41) is 5.57. The van der Waals surface area contributed by atoms with Gasteiger partial charge in [-0.1, -0.05) is 44.2 Å². The molecule has 2 rings (SSSR count). The van der Waals surface area contributed by atoms with E-state index < -0.39 is 0 Å². The van der Waals surface area contributed by atoms with E-state index in [0.29, 0.717) is 26.3 Å². The molecule has 3 amide bonds. The summed E-state index contributed by atoms with van der Waals surface area (Å²) >= 11 is 0. The maximum atomic E-state index is 12.0. The van der Waals surface area contributed by atoms with Gasteiger partial charge in [0.25, 0.3) is 0 Å². The van der Waals surface area contributed by atoms with Crippen molar-refractivity contribution in [3.05, 3.63) is 35.9 Å². The molecule has 1 unspecified atom stereocenters. The van der Waals surface area contributed by atoms with E-state index in [2.05, 4.69) is 36.6 Å². The molecule has 1 saturated heterocycles. The number of carbonyl (C=O) groups is 2. The van der Waals surface area contributed by atoms with Gasteiger partial charge in [-0.2, -0.15) is 0 Å². The molecule has 25 heavy (non-hydrogen) atoms. The van der Waals surface area contributed by atoms with Crippen LogP contribution in [0, 0.1) is 0 Å². The van der Waals surface area contributed by atoms with Gasteiger partial charge in [-0.15, -0.1) is 0 Å². The molecule has 1 aliphatic heterocycles. The van der Waals surface area contributed by atoms with Crippen molar-refractivity contribution < 1.29 is 14.3 Å². The van der Waals surface area contributed by atoms with E-state index in [1.165, 1.54) is 5.56 Å². The Morgan fingerprint density at radius 2 is 1.84 bits per heavy atom. The van der Waals surface area contributed by atoms with Gasteiger partial charge >= 0.3 is 6.03 Å². The normalized spacial score (nSPS) is 16.2. The molecule has 1 aliphatic rings. The highest BCUT2D eigenvalue weighted by Gasteiger charge is 2.24. The summed E-state index contributed by atoms with van der Waals surface area (Å²) in [6.07, 6.45) is 0.807. The summed E-state index contributed by atoms with van der Waals surface area (Å²) in [6, 6.07) is 9.95. The highest BCUT2D eigenvalue weighted by atomic mass is 16.5. The minimum absolute atomic E-state index is 0.00584. The topological polar surface area (TPSA) is 70.7 Å². The molecule has 0 aromatic heterocycles.